The van der Waals surface area contributed by atoms with Crippen molar-refractivity contribution in [3.63, 3.8) is 0 Å². The number of ether oxygens (including phenoxy) is 2. The molecule has 2 amide bonds. The van der Waals surface area contributed by atoms with E-state index in [2.05, 4.69) is 20.1 Å². The third kappa shape index (κ3) is 9.08. The number of benzene rings is 2. The highest BCUT2D eigenvalue weighted by Gasteiger charge is 2.37. The van der Waals surface area contributed by atoms with Crippen LogP contribution in [0.25, 0.3) is 11.0 Å². The minimum absolute atomic E-state index is 0.0808. The van der Waals surface area contributed by atoms with Gasteiger partial charge < -0.3 is 29.2 Å². The van der Waals surface area contributed by atoms with Gasteiger partial charge in [0.1, 0.15) is 30.0 Å². The molecule has 270 valence electrons. The topological polar surface area (TPSA) is 109 Å². The highest BCUT2D eigenvalue weighted by Crippen LogP contribution is 2.26. The van der Waals surface area contributed by atoms with Crippen molar-refractivity contribution in [1.82, 2.24) is 29.6 Å². The van der Waals surface area contributed by atoms with E-state index in [9.17, 15) is 23.2 Å². The van der Waals surface area contributed by atoms with Crippen LogP contribution in [0.1, 0.15) is 30.9 Å². The number of hydrogen-bond donors (Lipinski definition) is 1. The number of likely N-dealkylation sites (tertiary alicyclic amines) is 1. The largest absolute Gasteiger partial charge is 0.493 e. The van der Waals surface area contributed by atoms with Gasteiger partial charge in [0.2, 0.25) is 5.91 Å². The average molecular weight is 703 g/mol. The van der Waals surface area contributed by atoms with Gasteiger partial charge in [0.15, 0.2) is 0 Å². The molecule has 0 saturated carbocycles. The number of nitrogens with zero attached hydrogens (tertiary/aromatic N) is 5. The van der Waals surface area contributed by atoms with Crippen molar-refractivity contribution < 1.29 is 27.8 Å². The van der Waals surface area contributed by atoms with E-state index in [1.165, 1.54) is 22.8 Å². The van der Waals surface area contributed by atoms with Crippen LogP contribution in [-0.2, 0) is 29.2 Å². The summed E-state index contributed by atoms with van der Waals surface area (Å²) in [6.07, 6.45) is 1.76. The van der Waals surface area contributed by atoms with Crippen LogP contribution in [-0.4, -0.2) is 94.7 Å². The predicted octanol–water partition coefficient (Wildman–Crippen LogP) is 4.42. The van der Waals surface area contributed by atoms with Gasteiger partial charge in [-0.05, 0) is 62.5 Å². The summed E-state index contributed by atoms with van der Waals surface area (Å²) in [4.78, 5) is 50.1. The van der Waals surface area contributed by atoms with E-state index in [0.29, 0.717) is 101 Å². The SMILES string of the molecule is CCOc1cccc(F)c1CN1CCN(C(=O)[C@H](NC(=O)OCc2ccccc2)C2CCN(CCn3c(=O)ccc4ncc(F)cc43)CC2)CC1. The fraction of sp³-hybridized carbons (Fsp3) is 0.421. The summed E-state index contributed by atoms with van der Waals surface area (Å²) in [6, 6.07) is 17.8. The Kier molecular flexibility index (Phi) is 11.9. The highest BCUT2D eigenvalue weighted by molar-refractivity contribution is 5.86. The number of nitrogens with one attached hydrogen (secondary N) is 1. The first-order valence-electron chi connectivity index (χ1n) is 17.5. The Hall–Kier alpha value is -4.88. The molecule has 13 heteroatoms. The van der Waals surface area contributed by atoms with E-state index in [1.54, 1.807) is 23.1 Å². The molecule has 1 N–H and O–H groups in total. The van der Waals surface area contributed by atoms with Crippen LogP contribution in [0.2, 0.25) is 0 Å². The molecule has 1 atom stereocenters. The zero-order valence-corrected chi connectivity index (χ0v) is 28.8. The van der Waals surface area contributed by atoms with Crippen LogP contribution < -0.4 is 15.6 Å². The molecule has 2 aliphatic heterocycles. The van der Waals surface area contributed by atoms with E-state index in [4.69, 9.17) is 9.47 Å². The molecule has 2 aliphatic rings. The smallest absolute Gasteiger partial charge is 0.408 e. The molecular weight excluding hydrogens is 658 g/mol. The lowest BCUT2D eigenvalue weighted by Crippen LogP contribution is -2.58. The molecule has 11 nitrogen and oxygen atoms in total. The van der Waals surface area contributed by atoms with Gasteiger partial charge >= 0.3 is 6.09 Å². The molecule has 0 bridgehead atoms. The Labute approximate surface area is 295 Å². The standard InChI is InChI=1S/C38H44F2N6O5/c1-2-50-34-10-6-9-31(40)30(34)25-44-17-20-45(21-18-44)37(48)36(42-38(49)51-26-27-7-4-3-5-8-27)28-13-15-43(16-14-28)19-22-46-33-23-29(39)24-41-32(33)11-12-35(46)47/h3-12,23-24,28,36H,2,13-22,25-26H2,1H3,(H,42,49)/t36-/m1/s1. The first-order valence-corrected chi connectivity index (χ1v) is 17.5. The van der Waals surface area contributed by atoms with Gasteiger partial charge in [0.05, 0.1) is 23.8 Å². The molecule has 0 aliphatic carbocycles. The molecule has 2 saturated heterocycles. The summed E-state index contributed by atoms with van der Waals surface area (Å²) >= 11 is 0. The number of pyridine rings is 2. The van der Waals surface area contributed by atoms with Gasteiger partial charge in [-0.1, -0.05) is 36.4 Å². The van der Waals surface area contributed by atoms with Gasteiger partial charge in [-0.25, -0.2) is 13.6 Å². The summed E-state index contributed by atoms with van der Waals surface area (Å²) in [5.41, 5.74) is 2.11. The number of carbonyl (C=O) groups is 2. The molecule has 0 unspecified atom stereocenters. The second-order valence-electron chi connectivity index (χ2n) is 13.0. The lowest BCUT2D eigenvalue weighted by atomic mass is 9.88. The van der Waals surface area contributed by atoms with E-state index in [0.717, 1.165) is 11.8 Å². The number of aromatic nitrogens is 2. The maximum absolute atomic E-state index is 14.7. The molecule has 4 aromatic rings. The van der Waals surface area contributed by atoms with E-state index in [1.807, 2.05) is 37.3 Å². The zero-order chi connectivity index (χ0) is 35.7. The van der Waals surface area contributed by atoms with Gasteiger partial charge in [-0.3, -0.25) is 19.5 Å². The maximum Gasteiger partial charge on any atom is 0.408 e. The molecule has 2 aromatic heterocycles. The van der Waals surface area contributed by atoms with Crippen molar-refractivity contribution in [3.05, 3.63) is 106 Å². The lowest BCUT2D eigenvalue weighted by Gasteiger charge is -2.40. The first kappa shape index (κ1) is 35.9. The van der Waals surface area contributed by atoms with Crippen molar-refractivity contribution >= 4 is 23.0 Å². The number of halogens is 2. The summed E-state index contributed by atoms with van der Waals surface area (Å²) in [7, 11) is 0. The van der Waals surface area contributed by atoms with E-state index < -0.39 is 18.0 Å². The van der Waals surface area contributed by atoms with Gasteiger partial charge in [0.25, 0.3) is 5.56 Å². The van der Waals surface area contributed by atoms with Crippen LogP contribution in [0.3, 0.4) is 0 Å². The fourth-order valence-electron chi connectivity index (χ4n) is 6.93. The number of carbonyl (C=O) groups excluding carboxylic acids is 2. The Morgan fingerprint density at radius 3 is 2.43 bits per heavy atom. The molecular formula is C38H44F2N6O5. The van der Waals surface area contributed by atoms with Gasteiger partial charge in [0, 0.05) is 63.5 Å². The van der Waals surface area contributed by atoms with Gasteiger partial charge in [-0.15, -0.1) is 0 Å². The predicted molar refractivity (Wildman–Crippen MR) is 188 cm³/mol. The number of fused-ring (bicyclic) bond motifs is 1. The summed E-state index contributed by atoms with van der Waals surface area (Å²) in [5.74, 6) is -0.602. The Morgan fingerprint density at radius 2 is 1.69 bits per heavy atom. The van der Waals surface area contributed by atoms with Crippen LogP contribution in [0, 0.1) is 17.6 Å². The van der Waals surface area contributed by atoms with Crippen molar-refractivity contribution in [2.45, 2.75) is 45.5 Å². The van der Waals surface area contributed by atoms with Crippen molar-refractivity contribution in [3.8, 4) is 5.75 Å². The maximum atomic E-state index is 14.7. The summed E-state index contributed by atoms with van der Waals surface area (Å²) < 4.78 is 41.4. The number of hydrogen-bond acceptors (Lipinski definition) is 8. The van der Waals surface area contributed by atoms with Crippen LogP contribution in [0.15, 0.2) is 77.7 Å². The minimum Gasteiger partial charge on any atom is -0.493 e. The number of alkyl carbamates (subject to hydrolysis) is 1. The molecule has 51 heavy (non-hydrogen) atoms. The van der Waals surface area contributed by atoms with E-state index in [-0.39, 0.29) is 29.8 Å². The first-order chi connectivity index (χ1) is 24.8. The average Bonchev–Trinajstić information content (AvgIpc) is 3.15. The molecule has 0 spiro atoms. The third-order valence-corrected chi connectivity index (χ3v) is 9.74. The Balaban J connectivity index is 1.08. The second-order valence-corrected chi connectivity index (χ2v) is 13.0. The van der Waals surface area contributed by atoms with Crippen molar-refractivity contribution in [2.75, 3.05) is 52.4 Å². The number of rotatable bonds is 12. The van der Waals surface area contributed by atoms with Gasteiger partial charge in [-0.2, -0.15) is 0 Å². The van der Waals surface area contributed by atoms with Crippen LogP contribution >= 0.6 is 0 Å². The van der Waals surface area contributed by atoms with E-state index >= 15 is 0 Å². The Morgan fingerprint density at radius 1 is 0.922 bits per heavy atom. The summed E-state index contributed by atoms with van der Waals surface area (Å²) in [6.45, 7) is 6.92. The summed E-state index contributed by atoms with van der Waals surface area (Å²) in [5, 5.41) is 2.90. The highest BCUT2D eigenvalue weighted by atomic mass is 19.1. The molecule has 6 rings (SSSR count). The molecule has 4 heterocycles. The normalized spacial score (nSPS) is 16.6. The molecule has 2 aromatic carbocycles. The van der Waals surface area contributed by atoms with Crippen LogP contribution in [0.5, 0.6) is 5.75 Å². The minimum atomic E-state index is -0.784. The van der Waals surface area contributed by atoms with Crippen molar-refractivity contribution in [2.24, 2.45) is 5.92 Å². The monoisotopic (exact) mass is 702 g/mol. The zero-order valence-electron chi connectivity index (χ0n) is 28.8. The second kappa shape index (κ2) is 16.9. The number of amides is 2. The lowest BCUT2D eigenvalue weighted by molar-refractivity contribution is -0.137. The Bertz CT molecular complexity index is 1860. The molecule has 2 fully saturated rings. The third-order valence-electron chi connectivity index (χ3n) is 9.74. The van der Waals surface area contributed by atoms with Crippen molar-refractivity contribution in [1.29, 1.82) is 0 Å². The number of piperazine rings is 1. The quantitative estimate of drug-likeness (QED) is 0.231. The number of piperidine rings is 1. The fourth-order valence-corrected chi connectivity index (χ4v) is 6.93. The molecule has 0 radical (unpaired) electrons. The van der Waals surface area contributed by atoms with Crippen LogP contribution in [0.4, 0.5) is 13.6 Å².